The van der Waals surface area contributed by atoms with Crippen molar-refractivity contribution in [2.24, 2.45) is 7.05 Å². The van der Waals surface area contributed by atoms with Crippen molar-refractivity contribution in [2.45, 2.75) is 26.3 Å². The van der Waals surface area contributed by atoms with Gasteiger partial charge in [-0.05, 0) is 25.6 Å². The highest BCUT2D eigenvalue weighted by Gasteiger charge is 2.14. The predicted molar refractivity (Wildman–Crippen MR) is 70.2 cm³/mol. The average molecular weight is 250 g/mol. The van der Waals surface area contributed by atoms with Crippen LogP contribution in [-0.4, -0.2) is 21.5 Å². The molecule has 2 aromatic heterocycles. The highest BCUT2D eigenvalue weighted by Crippen LogP contribution is 2.25. The molecule has 0 amide bonds. The minimum absolute atomic E-state index is 0.343. The molecule has 2 heterocycles. The summed E-state index contributed by atoms with van der Waals surface area (Å²) in [5.41, 5.74) is 1.03. The highest BCUT2D eigenvalue weighted by molar-refractivity contribution is 7.12. The van der Waals surface area contributed by atoms with E-state index in [1.807, 2.05) is 24.6 Å². The lowest BCUT2D eigenvalue weighted by atomic mass is 10.1. The van der Waals surface area contributed by atoms with Crippen LogP contribution >= 0.6 is 11.3 Å². The van der Waals surface area contributed by atoms with Crippen molar-refractivity contribution in [3.8, 4) is 0 Å². The number of rotatable bonds is 5. The Morgan fingerprint density at radius 2 is 2.29 bits per heavy atom. The molecular weight excluding hydrogens is 232 g/mol. The monoisotopic (exact) mass is 250 g/mol. The maximum Gasteiger partial charge on any atom is 0.0846 e. The van der Waals surface area contributed by atoms with Gasteiger partial charge in [0.15, 0.2) is 0 Å². The van der Waals surface area contributed by atoms with Crippen molar-refractivity contribution in [1.82, 2.24) is 20.3 Å². The first kappa shape index (κ1) is 12.3. The SMILES string of the molecule is CCNC(Cc1cn(C)nn1)c1ccc(C)s1. The Balaban J connectivity index is 2.12. The Kier molecular flexibility index (Phi) is 3.91. The quantitative estimate of drug-likeness (QED) is 0.883. The summed E-state index contributed by atoms with van der Waals surface area (Å²) in [4.78, 5) is 2.72. The van der Waals surface area contributed by atoms with E-state index in [0.717, 1.165) is 18.7 Å². The van der Waals surface area contributed by atoms with Crippen LogP contribution in [0.2, 0.25) is 0 Å². The summed E-state index contributed by atoms with van der Waals surface area (Å²) in [5.74, 6) is 0. The van der Waals surface area contributed by atoms with E-state index in [9.17, 15) is 0 Å². The van der Waals surface area contributed by atoms with Gasteiger partial charge in [-0.25, -0.2) is 0 Å². The van der Waals surface area contributed by atoms with Gasteiger partial charge in [0.1, 0.15) is 0 Å². The Labute approximate surface area is 106 Å². The third kappa shape index (κ3) is 3.14. The number of hydrogen-bond acceptors (Lipinski definition) is 4. The van der Waals surface area contributed by atoms with Crippen LogP contribution < -0.4 is 5.32 Å². The van der Waals surface area contributed by atoms with Gasteiger partial charge in [-0.1, -0.05) is 12.1 Å². The van der Waals surface area contributed by atoms with Gasteiger partial charge in [-0.15, -0.1) is 16.4 Å². The fourth-order valence-electron chi connectivity index (χ4n) is 1.86. The molecule has 0 bridgehead atoms. The zero-order valence-electron chi connectivity index (χ0n) is 10.5. The first-order chi connectivity index (χ1) is 8.19. The molecule has 2 rings (SSSR count). The van der Waals surface area contributed by atoms with E-state index in [4.69, 9.17) is 0 Å². The van der Waals surface area contributed by atoms with Crippen molar-refractivity contribution in [3.63, 3.8) is 0 Å². The number of thiophene rings is 1. The summed E-state index contributed by atoms with van der Waals surface area (Å²) >= 11 is 1.84. The molecule has 0 aliphatic heterocycles. The van der Waals surface area contributed by atoms with E-state index in [2.05, 4.69) is 41.6 Å². The van der Waals surface area contributed by atoms with Crippen LogP contribution in [-0.2, 0) is 13.5 Å². The number of likely N-dealkylation sites (N-methyl/N-ethyl adjacent to an activating group) is 1. The highest BCUT2D eigenvalue weighted by atomic mass is 32.1. The molecule has 1 atom stereocenters. The van der Waals surface area contributed by atoms with E-state index >= 15 is 0 Å². The first-order valence-electron chi connectivity index (χ1n) is 5.84. The number of hydrogen-bond donors (Lipinski definition) is 1. The lowest BCUT2D eigenvalue weighted by Crippen LogP contribution is -2.22. The molecule has 0 fully saturated rings. The summed E-state index contributed by atoms with van der Waals surface area (Å²) in [6.07, 6.45) is 2.87. The van der Waals surface area contributed by atoms with Crippen LogP contribution in [0, 0.1) is 6.92 Å². The molecule has 5 heteroatoms. The largest absolute Gasteiger partial charge is 0.309 e. The first-order valence-corrected chi connectivity index (χ1v) is 6.65. The molecule has 0 aliphatic rings. The second-order valence-corrected chi connectivity index (χ2v) is 5.47. The molecule has 0 radical (unpaired) electrons. The van der Waals surface area contributed by atoms with Gasteiger partial charge >= 0.3 is 0 Å². The van der Waals surface area contributed by atoms with Crippen LogP contribution in [0.4, 0.5) is 0 Å². The van der Waals surface area contributed by atoms with Crippen molar-refractivity contribution in [3.05, 3.63) is 33.8 Å². The maximum atomic E-state index is 4.15. The normalized spacial score (nSPS) is 12.9. The lowest BCUT2D eigenvalue weighted by molar-refractivity contribution is 0.551. The zero-order chi connectivity index (χ0) is 12.3. The third-order valence-corrected chi connectivity index (χ3v) is 3.73. The Morgan fingerprint density at radius 1 is 1.47 bits per heavy atom. The molecular formula is C12H18N4S. The summed E-state index contributed by atoms with van der Waals surface area (Å²) in [5, 5.41) is 11.6. The van der Waals surface area contributed by atoms with Crippen LogP contribution in [0.25, 0.3) is 0 Å². The molecule has 92 valence electrons. The van der Waals surface area contributed by atoms with Crippen LogP contribution in [0.5, 0.6) is 0 Å². The van der Waals surface area contributed by atoms with Gasteiger partial charge in [0.25, 0.3) is 0 Å². The maximum absolute atomic E-state index is 4.15. The minimum Gasteiger partial charge on any atom is -0.309 e. The van der Waals surface area contributed by atoms with Crippen molar-refractivity contribution in [2.75, 3.05) is 6.54 Å². The van der Waals surface area contributed by atoms with Crippen LogP contribution in [0.1, 0.15) is 28.4 Å². The second kappa shape index (κ2) is 5.42. The van der Waals surface area contributed by atoms with Crippen LogP contribution in [0.3, 0.4) is 0 Å². The molecule has 0 aliphatic carbocycles. The van der Waals surface area contributed by atoms with Gasteiger partial charge in [0.05, 0.1) is 5.69 Å². The molecule has 0 saturated heterocycles. The number of aromatic nitrogens is 3. The predicted octanol–water partition coefficient (Wildman–Crippen LogP) is 2.08. The minimum atomic E-state index is 0.343. The number of aryl methyl sites for hydroxylation is 2. The molecule has 2 aromatic rings. The topological polar surface area (TPSA) is 42.7 Å². The van der Waals surface area contributed by atoms with Gasteiger partial charge in [-0.3, -0.25) is 4.68 Å². The third-order valence-electron chi connectivity index (χ3n) is 2.62. The summed E-state index contributed by atoms with van der Waals surface area (Å²) in [6, 6.07) is 4.71. The molecule has 17 heavy (non-hydrogen) atoms. The molecule has 0 spiro atoms. The van der Waals surface area contributed by atoms with Crippen molar-refractivity contribution in [1.29, 1.82) is 0 Å². The van der Waals surface area contributed by atoms with E-state index in [-0.39, 0.29) is 0 Å². The van der Waals surface area contributed by atoms with Crippen LogP contribution in [0.15, 0.2) is 18.3 Å². The van der Waals surface area contributed by atoms with Crippen molar-refractivity contribution >= 4 is 11.3 Å². The second-order valence-electron chi connectivity index (χ2n) is 4.15. The van der Waals surface area contributed by atoms with E-state index in [1.165, 1.54) is 9.75 Å². The summed E-state index contributed by atoms with van der Waals surface area (Å²) in [6.45, 7) is 5.23. The lowest BCUT2D eigenvalue weighted by Gasteiger charge is -2.14. The number of nitrogens with one attached hydrogen (secondary N) is 1. The molecule has 1 unspecified atom stereocenters. The van der Waals surface area contributed by atoms with Crippen molar-refractivity contribution < 1.29 is 0 Å². The van der Waals surface area contributed by atoms with Gasteiger partial charge in [0, 0.05) is 35.5 Å². The molecule has 4 nitrogen and oxygen atoms in total. The Hall–Kier alpha value is -1.20. The smallest absolute Gasteiger partial charge is 0.0846 e. The molecule has 0 aromatic carbocycles. The molecule has 1 N–H and O–H groups in total. The summed E-state index contributed by atoms with van der Waals surface area (Å²) < 4.78 is 1.75. The van der Waals surface area contributed by atoms with E-state index in [0.29, 0.717) is 6.04 Å². The van der Waals surface area contributed by atoms with E-state index < -0.39 is 0 Å². The Bertz CT molecular complexity index is 474. The fourth-order valence-corrected chi connectivity index (χ4v) is 2.81. The zero-order valence-corrected chi connectivity index (χ0v) is 11.3. The summed E-state index contributed by atoms with van der Waals surface area (Å²) in [7, 11) is 1.90. The van der Waals surface area contributed by atoms with Gasteiger partial charge < -0.3 is 5.32 Å². The standard InChI is InChI=1S/C12H18N4S/c1-4-13-11(12-6-5-9(2)17-12)7-10-8-16(3)15-14-10/h5-6,8,11,13H,4,7H2,1-3H3. The van der Waals surface area contributed by atoms with Gasteiger partial charge in [0.2, 0.25) is 0 Å². The molecule has 0 saturated carbocycles. The van der Waals surface area contributed by atoms with Gasteiger partial charge in [-0.2, -0.15) is 0 Å². The average Bonchev–Trinajstić information content (AvgIpc) is 2.87. The van der Waals surface area contributed by atoms with E-state index in [1.54, 1.807) is 4.68 Å². The fraction of sp³-hybridized carbons (Fsp3) is 0.500. The number of nitrogens with zero attached hydrogens (tertiary/aromatic N) is 3. The Morgan fingerprint density at radius 3 is 2.82 bits per heavy atom.